The van der Waals surface area contributed by atoms with Crippen LogP contribution in [0.5, 0.6) is 0 Å². The highest BCUT2D eigenvalue weighted by molar-refractivity contribution is 5.97. The number of piperidine rings is 1. The standard InChI is InChI=1S/C16H17N3O/c20-15(13-5-2-1-3-6-13)14-7-11-19(12-8-14)16-17-9-4-10-18-16/h1-6,9-10,14H,7-8,11-12H2. The number of nitrogens with zero attached hydrogens (tertiary/aromatic N) is 3. The second kappa shape index (κ2) is 5.82. The third-order valence-corrected chi connectivity index (χ3v) is 3.76. The molecule has 0 bridgehead atoms. The first-order valence-corrected chi connectivity index (χ1v) is 6.96. The summed E-state index contributed by atoms with van der Waals surface area (Å²) < 4.78 is 0. The van der Waals surface area contributed by atoms with Gasteiger partial charge >= 0.3 is 0 Å². The van der Waals surface area contributed by atoms with Crippen LogP contribution in [0.3, 0.4) is 0 Å². The Hall–Kier alpha value is -2.23. The molecule has 1 fully saturated rings. The largest absolute Gasteiger partial charge is 0.341 e. The summed E-state index contributed by atoms with van der Waals surface area (Å²) in [6, 6.07) is 11.4. The van der Waals surface area contributed by atoms with E-state index in [9.17, 15) is 4.79 Å². The highest BCUT2D eigenvalue weighted by atomic mass is 16.1. The van der Waals surface area contributed by atoms with Gasteiger partial charge in [0.15, 0.2) is 5.78 Å². The summed E-state index contributed by atoms with van der Waals surface area (Å²) in [4.78, 5) is 23.1. The molecule has 0 N–H and O–H groups in total. The maximum absolute atomic E-state index is 12.4. The molecule has 0 saturated carbocycles. The van der Waals surface area contributed by atoms with Crippen LogP contribution in [0.25, 0.3) is 0 Å². The highest BCUT2D eigenvalue weighted by Gasteiger charge is 2.26. The fraction of sp³-hybridized carbons (Fsp3) is 0.312. The molecular weight excluding hydrogens is 250 g/mol. The van der Waals surface area contributed by atoms with Crippen LogP contribution in [-0.4, -0.2) is 28.8 Å². The van der Waals surface area contributed by atoms with E-state index in [2.05, 4.69) is 14.9 Å². The van der Waals surface area contributed by atoms with E-state index >= 15 is 0 Å². The fourth-order valence-corrected chi connectivity index (χ4v) is 2.63. The molecule has 0 radical (unpaired) electrons. The van der Waals surface area contributed by atoms with Crippen molar-refractivity contribution < 1.29 is 4.79 Å². The zero-order valence-corrected chi connectivity index (χ0v) is 11.3. The van der Waals surface area contributed by atoms with Crippen LogP contribution in [0.15, 0.2) is 48.8 Å². The molecule has 0 unspecified atom stereocenters. The Morgan fingerprint density at radius 3 is 2.30 bits per heavy atom. The summed E-state index contributed by atoms with van der Waals surface area (Å²) in [5, 5.41) is 0. The van der Waals surface area contributed by atoms with Crippen molar-refractivity contribution >= 4 is 11.7 Å². The predicted molar refractivity (Wildman–Crippen MR) is 77.7 cm³/mol. The Morgan fingerprint density at radius 1 is 1.00 bits per heavy atom. The normalized spacial score (nSPS) is 16.1. The number of Topliss-reactive ketones (excluding diaryl/α,β-unsaturated/α-hetero) is 1. The van der Waals surface area contributed by atoms with Crippen molar-refractivity contribution in [1.82, 2.24) is 9.97 Å². The van der Waals surface area contributed by atoms with Crippen LogP contribution >= 0.6 is 0 Å². The Bertz CT molecular complexity index is 563. The van der Waals surface area contributed by atoms with Gasteiger partial charge < -0.3 is 4.90 Å². The van der Waals surface area contributed by atoms with Crippen LogP contribution in [0.2, 0.25) is 0 Å². The van der Waals surface area contributed by atoms with Gasteiger partial charge in [-0.3, -0.25) is 4.79 Å². The van der Waals surface area contributed by atoms with Crippen LogP contribution < -0.4 is 4.90 Å². The molecule has 1 aliphatic rings. The van der Waals surface area contributed by atoms with Crippen molar-refractivity contribution in [3.8, 4) is 0 Å². The Kier molecular flexibility index (Phi) is 3.72. The molecule has 0 spiro atoms. The fourth-order valence-electron chi connectivity index (χ4n) is 2.63. The smallest absolute Gasteiger partial charge is 0.225 e. The number of anilines is 1. The molecule has 102 valence electrons. The topological polar surface area (TPSA) is 46.1 Å². The van der Waals surface area contributed by atoms with E-state index in [4.69, 9.17) is 0 Å². The average Bonchev–Trinajstić information content (AvgIpc) is 2.56. The minimum absolute atomic E-state index is 0.123. The predicted octanol–water partition coefficient (Wildman–Crippen LogP) is 2.58. The maximum atomic E-state index is 12.4. The summed E-state index contributed by atoms with van der Waals surface area (Å²) in [5.74, 6) is 1.15. The van der Waals surface area contributed by atoms with E-state index in [1.807, 2.05) is 36.4 Å². The first kappa shape index (κ1) is 12.8. The Morgan fingerprint density at radius 2 is 1.65 bits per heavy atom. The minimum atomic E-state index is 0.123. The molecule has 1 saturated heterocycles. The molecule has 0 amide bonds. The van der Waals surface area contributed by atoms with Crippen molar-refractivity contribution in [3.05, 3.63) is 54.4 Å². The summed E-state index contributed by atoms with van der Waals surface area (Å²) in [5.41, 5.74) is 0.821. The summed E-state index contributed by atoms with van der Waals surface area (Å²) in [6.45, 7) is 1.68. The van der Waals surface area contributed by atoms with Crippen LogP contribution in [0.4, 0.5) is 5.95 Å². The van der Waals surface area contributed by atoms with Gasteiger partial charge in [-0.05, 0) is 18.9 Å². The molecule has 20 heavy (non-hydrogen) atoms. The van der Waals surface area contributed by atoms with Crippen LogP contribution in [-0.2, 0) is 0 Å². The van der Waals surface area contributed by atoms with Gasteiger partial charge in [-0.15, -0.1) is 0 Å². The second-order valence-electron chi connectivity index (χ2n) is 5.04. The van der Waals surface area contributed by atoms with Crippen LogP contribution in [0, 0.1) is 5.92 Å². The van der Waals surface area contributed by atoms with Gasteiger partial charge in [0.1, 0.15) is 0 Å². The molecule has 0 aliphatic carbocycles. The number of aromatic nitrogens is 2. The summed E-state index contributed by atoms with van der Waals surface area (Å²) in [6.07, 6.45) is 5.24. The summed E-state index contributed by atoms with van der Waals surface area (Å²) >= 11 is 0. The van der Waals surface area contributed by atoms with E-state index in [0.29, 0.717) is 0 Å². The number of carbonyl (C=O) groups is 1. The Balaban J connectivity index is 1.63. The number of ketones is 1. The average molecular weight is 267 g/mol. The van der Waals surface area contributed by atoms with Gasteiger partial charge in [-0.25, -0.2) is 9.97 Å². The lowest BCUT2D eigenvalue weighted by Crippen LogP contribution is -2.37. The van der Waals surface area contributed by atoms with Gasteiger partial charge in [-0.1, -0.05) is 30.3 Å². The van der Waals surface area contributed by atoms with E-state index in [0.717, 1.165) is 37.4 Å². The molecule has 2 heterocycles. The molecule has 1 aromatic heterocycles. The molecule has 1 aliphatic heterocycles. The lowest BCUT2D eigenvalue weighted by atomic mass is 9.89. The van der Waals surface area contributed by atoms with Gasteiger partial charge in [0.05, 0.1) is 0 Å². The number of hydrogen-bond acceptors (Lipinski definition) is 4. The molecule has 1 aromatic carbocycles. The third kappa shape index (κ3) is 2.69. The van der Waals surface area contributed by atoms with Gasteiger partial charge in [0, 0.05) is 37.0 Å². The van der Waals surface area contributed by atoms with Crippen molar-refractivity contribution in [1.29, 1.82) is 0 Å². The lowest BCUT2D eigenvalue weighted by Gasteiger charge is -2.31. The van der Waals surface area contributed by atoms with Gasteiger partial charge in [0.2, 0.25) is 5.95 Å². The molecule has 4 nitrogen and oxygen atoms in total. The molecule has 0 atom stereocenters. The van der Waals surface area contributed by atoms with E-state index in [1.165, 1.54) is 0 Å². The molecule has 3 rings (SSSR count). The monoisotopic (exact) mass is 267 g/mol. The minimum Gasteiger partial charge on any atom is -0.341 e. The highest BCUT2D eigenvalue weighted by Crippen LogP contribution is 2.23. The number of hydrogen-bond donors (Lipinski definition) is 0. The van der Waals surface area contributed by atoms with Crippen molar-refractivity contribution in [2.45, 2.75) is 12.8 Å². The van der Waals surface area contributed by atoms with E-state index in [1.54, 1.807) is 12.4 Å². The molecule has 2 aromatic rings. The third-order valence-electron chi connectivity index (χ3n) is 3.76. The lowest BCUT2D eigenvalue weighted by molar-refractivity contribution is 0.0900. The number of carbonyl (C=O) groups excluding carboxylic acids is 1. The van der Waals surface area contributed by atoms with Gasteiger partial charge in [0.25, 0.3) is 0 Å². The number of rotatable bonds is 3. The van der Waals surface area contributed by atoms with Gasteiger partial charge in [-0.2, -0.15) is 0 Å². The van der Waals surface area contributed by atoms with E-state index in [-0.39, 0.29) is 11.7 Å². The molecular formula is C16H17N3O. The molecule has 4 heteroatoms. The second-order valence-corrected chi connectivity index (χ2v) is 5.04. The van der Waals surface area contributed by atoms with Crippen LogP contribution in [0.1, 0.15) is 23.2 Å². The van der Waals surface area contributed by atoms with E-state index < -0.39 is 0 Å². The first-order chi connectivity index (χ1) is 9.84. The zero-order valence-electron chi connectivity index (χ0n) is 11.3. The zero-order chi connectivity index (χ0) is 13.8. The van der Waals surface area contributed by atoms with Crippen molar-refractivity contribution in [3.63, 3.8) is 0 Å². The Labute approximate surface area is 118 Å². The SMILES string of the molecule is O=C(c1ccccc1)C1CCN(c2ncccn2)CC1. The summed E-state index contributed by atoms with van der Waals surface area (Å²) in [7, 11) is 0. The van der Waals surface area contributed by atoms with Crippen molar-refractivity contribution in [2.24, 2.45) is 5.92 Å². The first-order valence-electron chi connectivity index (χ1n) is 6.96. The number of benzene rings is 1. The quantitative estimate of drug-likeness (QED) is 0.802. The maximum Gasteiger partial charge on any atom is 0.225 e. The van der Waals surface area contributed by atoms with Crippen molar-refractivity contribution in [2.75, 3.05) is 18.0 Å².